The first-order chi connectivity index (χ1) is 8.62. The molecule has 18 heavy (non-hydrogen) atoms. The van der Waals surface area contributed by atoms with Gasteiger partial charge in [0.2, 0.25) is 0 Å². The predicted molar refractivity (Wildman–Crippen MR) is 67.8 cm³/mol. The lowest BCUT2D eigenvalue weighted by Crippen LogP contribution is -2.20. The van der Waals surface area contributed by atoms with Gasteiger partial charge in [-0.05, 0) is 31.4 Å². The highest BCUT2D eigenvalue weighted by molar-refractivity contribution is 5.09. The van der Waals surface area contributed by atoms with Crippen LogP contribution >= 0.6 is 0 Å². The van der Waals surface area contributed by atoms with Crippen LogP contribution in [0.2, 0.25) is 0 Å². The van der Waals surface area contributed by atoms with Crippen LogP contribution in [0.15, 0.2) is 30.7 Å². The van der Waals surface area contributed by atoms with Gasteiger partial charge in [-0.1, -0.05) is 18.2 Å². The SMILES string of the molecule is CCC(C)(O)c1cn(CCc2cccnc2)nn1. The van der Waals surface area contributed by atoms with Crippen molar-refractivity contribution in [1.82, 2.24) is 20.0 Å². The summed E-state index contributed by atoms with van der Waals surface area (Å²) in [6.07, 6.45) is 6.88. The second-order valence-corrected chi connectivity index (χ2v) is 4.61. The summed E-state index contributed by atoms with van der Waals surface area (Å²) in [5, 5.41) is 18.1. The van der Waals surface area contributed by atoms with E-state index in [-0.39, 0.29) is 0 Å². The Bertz CT molecular complexity index is 493. The van der Waals surface area contributed by atoms with Crippen LogP contribution in [0, 0.1) is 0 Å². The molecule has 1 atom stereocenters. The molecule has 0 aliphatic heterocycles. The molecule has 0 fully saturated rings. The summed E-state index contributed by atoms with van der Waals surface area (Å²) in [5.74, 6) is 0. The Kier molecular flexibility index (Phi) is 3.72. The van der Waals surface area contributed by atoms with Gasteiger partial charge in [-0.3, -0.25) is 9.67 Å². The predicted octanol–water partition coefficient (Wildman–Crippen LogP) is 1.53. The van der Waals surface area contributed by atoms with Crippen molar-refractivity contribution in [3.8, 4) is 0 Å². The highest BCUT2D eigenvalue weighted by Crippen LogP contribution is 2.21. The molecule has 0 spiro atoms. The summed E-state index contributed by atoms with van der Waals surface area (Å²) in [6.45, 7) is 4.41. The Labute approximate surface area is 106 Å². The lowest BCUT2D eigenvalue weighted by atomic mass is 10.0. The molecule has 1 unspecified atom stereocenters. The molecule has 96 valence electrons. The summed E-state index contributed by atoms with van der Waals surface area (Å²) in [4.78, 5) is 4.07. The van der Waals surface area contributed by atoms with Crippen molar-refractivity contribution < 1.29 is 5.11 Å². The van der Waals surface area contributed by atoms with E-state index in [1.54, 1.807) is 24.0 Å². The van der Waals surface area contributed by atoms with E-state index < -0.39 is 5.60 Å². The second kappa shape index (κ2) is 5.27. The normalized spacial score (nSPS) is 14.4. The number of nitrogens with zero attached hydrogens (tertiary/aromatic N) is 4. The third-order valence-electron chi connectivity index (χ3n) is 3.13. The molecule has 2 rings (SSSR count). The van der Waals surface area contributed by atoms with Gasteiger partial charge in [0.05, 0.1) is 6.20 Å². The van der Waals surface area contributed by atoms with Crippen molar-refractivity contribution in [1.29, 1.82) is 0 Å². The first kappa shape index (κ1) is 12.7. The van der Waals surface area contributed by atoms with Crippen LogP contribution in [0.1, 0.15) is 31.5 Å². The molecule has 0 saturated heterocycles. The Morgan fingerprint density at radius 1 is 1.44 bits per heavy atom. The van der Waals surface area contributed by atoms with Gasteiger partial charge in [-0.25, -0.2) is 0 Å². The fourth-order valence-electron chi connectivity index (χ4n) is 1.63. The fourth-order valence-corrected chi connectivity index (χ4v) is 1.63. The molecular weight excluding hydrogens is 228 g/mol. The minimum atomic E-state index is -0.896. The number of aryl methyl sites for hydroxylation is 2. The average Bonchev–Trinajstić information content (AvgIpc) is 2.87. The van der Waals surface area contributed by atoms with Crippen LogP contribution in [0.4, 0.5) is 0 Å². The number of hydrogen-bond acceptors (Lipinski definition) is 4. The summed E-state index contributed by atoms with van der Waals surface area (Å²) < 4.78 is 1.76. The molecule has 5 heteroatoms. The lowest BCUT2D eigenvalue weighted by molar-refractivity contribution is 0.0484. The zero-order valence-corrected chi connectivity index (χ0v) is 10.7. The molecule has 0 amide bonds. The van der Waals surface area contributed by atoms with Gasteiger partial charge in [-0.15, -0.1) is 5.10 Å². The van der Waals surface area contributed by atoms with Gasteiger partial charge in [0.15, 0.2) is 0 Å². The van der Waals surface area contributed by atoms with Crippen LogP contribution in [-0.4, -0.2) is 25.1 Å². The molecule has 0 aliphatic rings. The molecule has 1 N–H and O–H groups in total. The maximum absolute atomic E-state index is 10.1. The molecular formula is C13H18N4O. The first-order valence-corrected chi connectivity index (χ1v) is 6.13. The van der Waals surface area contributed by atoms with Crippen molar-refractivity contribution in [3.63, 3.8) is 0 Å². The Morgan fingerprint density at radius 3 is 2.94 bits per heavy atom. The summed E-state index contributed by atoms with van der Waals surface area (Å²) >= 11 is 0. The van der Waals surface area contributed by atoms with Gasteiger partial charge < -0.3 is 5.11 Å². The molecule has 2 aromatic heterocycles. The van der Waals surface area contributed by atoms with Crippen LogP contribution in [0.25, 0.3) is 0 Å². The van der Waals surface area contributed by atoms with Gasteiger partial charge in [-0.2, -0.15) is 0 Å². The zero-order valence-electron chi connectivity index (χ0n) is 10.7. The number of hydrogen-bond donors (Lipinski definition) is 1. The monoisotopic (exact) mass is 246 g/mol. The number of aliphatic hydroxyl groups is 1. The Morgan fingerprint density at radius 2 is 2.28 bits per heavy atom. The largest absolute Gasteiger partial charge is 0.384 e. The molecule has 0 radical (unpaired) electrons. The average molecular weight is 246 g/mol. The third kappa shape index (κ3) is 2.92. The minimum absolute atomic E-state index is 0.619. The van der Waals surface area contributed by atoms with Crippen LogP contribution in [0.5, 0.6) is 0 Å². The third-order valence-corrected chi connectivity index (χ3v) is 3.13. The Balaban J connectivity index is 1.99. The lowest BCUT2D eigenvalue weighted by Gasteiger charge is -2.16. The van der Waals surface area contributed by atoms with Crippen molar-refractivity contribution in [2.45, 2.75) is 38.8 Å². The van der Waals surface area contributed by atoms with E-state index >= 15 is 0 Å². The number of pyridine rings is 1. The highest BCUT2D eigenvalue weighted by atomic mass is 16.3. The maximum Gasteiger partial charge on any atom is 0.114 e. The molecule has 5 nitrogen and oxygen atoms in total. The molecule has 2 heterocycles. The van der Waals surface area contributed by atoms with Crippen LogP contribution in [-0.2, 0) is 18.6 Å². The van der Waals surface area contributed by atoms with Crippen molar-refractivity contribution >= 4 is 0 Å². The molecule has 0 aliphatic carbocycles. The topological polar surface area (TPSA) is 63.8 Å². The van der Waals surface area contributed by atoms with Gasteiger partial charge in [0, 0.05) is 18.9 Å². The summed E-state index contributed by atoms with van der Waals surface area (Å²) in [7, 11) is 0. The Hall–Kier alpha value is -1.75. The van der Waals surface area contributed by atoms with Crippen molar-refractivity contribution in [2.24, 2.45) is 0 Å². The van der Waals surface area contributed by atoms with Gasteiger partial charge >= 0.3 is 0 Å². The van der Waals surface area contributed by atoms with E-state index in [0.717, 1.165) is 18.5 Å². The minimum Gasteiger partial charge on any atom is -0.384 e. The molecule has 0 bridgehead atoms. The molecule has 0 saturated carbocycles. The van der Waals surface area contributed by atoms with E-state index in [2.05, 4.69) is 15.3 Å². The number of rotatable bonds is 5. The van der Waals surface area contributed by atoms with E-state index in [0.29, 0.717) is 12.1 Å². The van der Waals surface area contributed by atoms with Gasteiger partial charge in [0.25, 0.3) is 0 Å². The first-order valence-electron chi connectivity index (χ1n) is 6.13. The summed E-state index contributed by atoms with van der Waals surface area (Å²) in [5.41, 5.74) is 0.889. The highest BCUT2D eigenvalue weighted by Gasteiger charge is 2.24. The smallest absolute Gasteiger partial charge is 0.114 e. The maximum atomic E-state index is 10.1. The van der Waals surface area contributed by atoms with E-state index in [1.807, 2.05) is 25.3 Å². The summed E-state index contributed by atoms with van der Waals surface area (Å²) in [6, 6.07) is 3.96. The molecule has 2 aromatic rings. The van der Waals surface area contributed by atoms with Crippen LogP contribution < -0.4 is 0 Å². The van der Waals surface area contributed by atoms with E-state index in [1.165, 1.54) is 0 Å². The molecule has 0 aromatic carbocycles. The zero-order chi connectivity index (χ0) is 13.0. The number of aromatic nitrogens is 4. The quantitative estimate of drug-likeness (QED) is 0.869. The van der Waals surface area contributed by atoms with Gasteiger partial charge in [0.1, 0.15) is 11.3 Å². The van der Waals surface area contributed by atoms with Crippen LogP contribution in [0.3, 0.4) is 0 Å². The second-order valence-electron chi connectivity index (χ2n) is 4.61. The van der Waals surface area contributed by atoms with E-state index in [9.17, 15) is 5.11 Å². The van der Waals surface area contributed by atoms with Crippen molar-refractivity contribution in [2.75, 3.05) is 0 Å². The van der Waals surface area contributed by atoms with E-state index in [4.69, 9.17) is 0 Å². The fraction of sp³-hybridized carbons (Fsp3) is 0.462. The standard InChI is InChI=1S/C13H18N4O/c1-3-13(2,18)12-10-17(16-15-12)8-6-11-5-4-7-14-9-11/h4-5,7,9-10,18H,3,6,8H2,1-2H3. The van der Waals surface area contributed by atoms with Crippen molar-refractivity contribution in [3.05, 3.63) is 42.0 Å².